The maximum absolute atomic E-state index is 13.0. The lowest BCUT2D eigenvalue weighted by molar-refractivity contribution is -0.128. The van der Waals surface area contributed by atoms with Gasteiger partial charge in [-0.1, -0.05) is 54.6 Å². The number of carbonyl (C=O) groups is 1. The number of hydrogen-bond donors (Lipinski definition) is 1. The Balaban J connectivity index is 2.02. The molecule has 1 amide bonds. The lowest BCUT2D eigenvalue weighted by atomic mass is 9.94. The molecule has 0 aliphatic carbocycles. The van der Waals surface area contributed by atoms with Crippen molar-refractivity contribution in [3.05, 3.63) is 82.4 Å². The van der Waals surface area contributed by atoms with Crippen LogP contribution < -0.4 is 0 Å². The van der Waals surface area contributed by atoms with Crippen molar-refractivity contribution < 1.29 is 9.90 Å². The van der Waals surface area contributed by atoms with Crippen LogP contribution in [0.25, 0.3) is 0 Å². The molecule has 0 unspecified atom stereocenters. The quantitative estimate of drug-likeness (QED) is 0.910. The number of amides is 1. The minimum Gasteiger partial charge on any atom is -0.396 e. The van der Waals surface area contributed by atoms with Crippen molar-refractivity contribution in [2.45, 2.75) is 32.9 Å². The third kappa shape index (κ3) is 3.00. The molecule has 2 aromatic rings. The molecular formula is C21H23NO2. The Bertz CT molecular complexity index is 764. The lowest BCUT2D eigenvalue weighted by Gasteiger charge is -2.28. The molecule has 3 nitrogen and oxygen atoms in total. The highest BCUT2D eigenvalue weighted by molar-refractivity contribution is 5.97. The molecular weight excluding hydrogens is 298 g/mol. The first-order chi connectivity index (χ1) is 11.6. The molecule has 0 fully saturated rings. The molecule has 3 heteroatoms. The van der Waals surface area contributed by atoms with Gasteiger partial charge in [0.25, 0.3) is 5.91 Å². The van der Waals surface area contributed by atoms with Crippen molar-refractivity contribution in [2.75, 3.05) is 6.61 Å². The van der Waals surface area contributed by atoms with Gasteiger partial charge in [0.15, 0.2) is 0 Å². The van der Waals surface area contributed by atoms with Crippen LogP contribution in [0, 0.1) is 6.92 Å². The van der Waals surface area contributed by atoms with Crippen LogP contribution in [0.5, 0.6) is 0 Å². The molecule has 1 atom stereocenters. The first-order valence-electron chi connectivity index (χ1n) is 8.34. The maximum Gasteiger partial charge on any atom is 0.250 e. The number of rotatable bonds is 5. The van der Waals surface area contributed by atoms with E-state index in [1.165, 1.54) is 5.56 Å². The lowest BCUT2D eigenvalue weighted by Crippen LogP contribution is -2.30. The first-order valence-corrected chi connectivity index (χ1v) is 8.34. The molecule has 0 radical (unpaired) electrons. The summed E-state index contributed by atoms with van der Waals surface area (Å²) in [7, 11) is 0. The Kier molecular flexibility index (Phi) is 4.81. The van der Waals surface area contributed by atoms with Crippen LogP contribution in [0.1, 0.15) is 36.1 Å². The van der Waals surface area contributed by atoms with Crippen molar-refractivity contribution in [2.24, 2.45) is 0 Å². The molecule has 0 aromatic heterocycles. The summed E-state index contributed by atoms with van der Waals surface area (Å²) >= 11 is 0. The number of nitrogens with zero attached hydrogens (tertiary/aromatic N) is 1. The standard InChI is InChI=1S/C21H23NO2/c1-15-8-6-7-11-18(15)20-16(2)19(12-13-23)21(24)22(20)14-17-9-4-3-5-10-17/h3-11,20,23H,12-14H2,1-2H3/t20-/m1/s1. The second kappa shape index (κ2) is 7.02. The van der Waals surface area contributed by atoms with E-state index in [2.05, 4.69) is 19.1 Å². The molecule has 1 heterocycles. The summed E-state index contributed by atoms with van der Waals surface area (Å²) in [6.07, 6.45) is 0.415. The molecule has 0 saturated carbocycles. The summed E-state index contributed by atoms with van der Waals surface area (Å²) in [5, 5.41) is 9.34. The zero-order chi connectivity index (χ0) is 17.1. The van der Waals surface area contributed by atoms with Crippen molar-refractivity contribution in [1.82, 2.24) is 4.90 Å². The highest BCUT2D eigenvalue weighted by Gasteiger charge is 2.37. The zero-order valence-electron chi connectivity index (χ0n) is 14.2. The Morgan fingerprint density at radius 3 is 2.33 bits per heavy atom. The second-order valence-corrected chi connectivity index (χ2v) is 6.31. The number of aryl methyl sites for hydroxylation is 1. The Morgan fingerprint density at radius 2 is 1.67 bits per heavy atom. The average molecular weight is 321 g/mol. The van der Waals surface area contributed by atoms with Crippen molar-refractivity contribution in [3.8, 4) is 0 Å². The molecule has 24 heavy (non-hydrogen) atoms. The SMILES string of the molecule is CC1=C(CCO)C(=O)N(Cc2ccccc2)[C@H]1c1ccccc1C. The minimum atomic E-state index is -0.0551. The molecule has 0 bridgehead atoms. The fourth-order valence-corrected chi connectivity index (χ4v) is 3.51. The third-order valence-electron chi connectivity index (χ3n) is 4.76. The van der Waals surface area contributed by atoms with Crippen LogP contribution in [-0.2, 0) is 11.3 Å². The van der Waals surface area contributed by atoms with Gasteiger partial charge in [0, 0.05) is 25.1 Å². The van der Waals surface area contributed by atoms with Gasteiger partial charge in [-0.2, -0.15) is 0 Å². The highest BCUT2D eigenvalue weighted by atomic mass is 16.3. The van der Waals surface area contributed by atoms with Crippen LogP contribution in [0.15, 0.2) is 65.7 Å². The predicted molar refractivity (Wildman–Crippen MR) is 95.3 cm³/mol. The summed E-state index contributed by atoms with van der Waals surface area (Å²) in [6.45, 7) is 4.67. The molecule has 1 aliphatic rings. The summed E-state index contributed by atoms with van der Waals surface area (Å²) < 4.78 is 0. The third-order valence-corrected chi connectivity index (χ3v) is 4.76. The monoisotopic (exact) mass is 321 g/mol. The summed E-state index contributed by atoms with van der Waals surface area (Å²) in [4.78, 5) is 14.9. The van der Waals surface area contributed by atoms with E-state index in [-0.39, 0.29) is 18.6 Å². The van der Waals surface area contributed by atoms with Gasteiger partial charge >= 0.3 is 0 Å². The highest BCUT2D eigenvalue weighted by Crippen LogP contribution is 2.40. The topological polar surface area (TPSA) is 40.5 Å². The summed E-state index contributed by atoms with van der Waals surface area (Å²) in [6, 6.07) is 18.2. The van der Waals surface area contributed by atoms with Crippen LogP contribution >= 0.6 is 0 Å². The van der Waals surface area contributed by atoms with E-state index >= 15 is 0 Å². The van der Waals surface area contributed by atoms with Crippen molar-refractivity contribution >= 4 is 5.91 Å². The predicted octanol–water partition coefficient (Wildman–Crippen LogP) is 3.78. The van der Waals surface area contributed by atoms with Gasteiger partial charge in [-0.25, -0.2) is 0 Å². The van der Waals surface area contributed by atoms with Crippen LogP contribution in [0.4, 0.5) is 0 Å². The Labute approximate surface area is 143 Å². The van der Waals surface area contributed by atoms with Crippen molar-refractivity contribution in [1.29, 1.82) is 0 Å². The fourth-order valence-electron chi connectivity index (χ4n) is 3.51. The molecule has 0 saturated heterocycles. The smallest absolute Gasteiger partial charge is 0.250 e. The van der Waals surface area contributed by atoms with E-state index in [0.717, 1.165) is 22.3 Å². The van der Waals surface area contributed by atoms with E-state index in [9.17, 15) is 9.90 Å². The number of benzene rings is 2. The van der Waals surface area contributed by atoms with Gasteiger partial charge < -0.3 is 10.0 Å². The zero-order valence-corrected chi connectivity index (χ0v) is 14.2. The molecule has 2 aromatic carbocycles. The van der Waals surface area contributed by atoms with E-state index < -0.39 is 0 Å². The molecule has 0 spiro atoms. The van der Waals surface area contributed by atoms with E-state index in [0.29, 0.717) is 13.0 Å². The van der Waals surface area contributed by atoms with E-state index in [1.54, 1.807) is 0 Å². The average Bonchev–Trinajstić information content (AvgIpc) is 2.81. The van der Waals surface area contributed by atoms with Crippen LogP contribution in [0.3, 0.4) is 0 Å². The van der Waals surface area contributed by atoms with Gasteiger partial charge in [0.05, 0.1) is 6.04 Å². The minimum absolute atomic E-state index is 0.00190. The van der Waals surface area contributed by atoms with Gasteiger partial charge in [0.1, 0.15) is 0 Å². The van der Waals surface area contributed by atoms with Gasteiger partial charge in [0.2, 0.25) is 0 Å². The van der Waals surface area contributed by atoms with Crippen LogP contribution in [-0.4, -0.2) is 22.5 Å². The summed E-state index contributed by atoms with van der Waals surface area (Å²) in [5.74, 6) is 0.0404. The van der Waals surface area contributed by atoms with Gasteiger partial charge in [-0.05, 0) is 36.1 Å². The second-order valence-electron chi connectivity index (χ2n) is 6.31. The normalized spacial score (nSPS) is 17.7. The van der Waals surface area contributed by atoms with E-state index in [1.807, 2.05) is 54.3 Å². The number of aliphatic hydroxyl groups excluding tert-OH is 1. The molecule has 124 valence electrons. The van der Waals surface area contributed by atoms with E-state index in [4.69, 9.17) is 0 Å². The molecule has 3 rings (SSSR count). The maximum atomic E-state index is 13.0. The van der Waals surface area contributed by atoms with Gasteiger partial charge in [-0.3, -0.25) is 4.79 Å². The number of hydrogen-bond acceptors (Lipinski definition) is 2. The number of carbonyl (C=O) groups excluding carboxylic acids is 1. The van der Waals surface area contributed by atoms with Gasteiger partial charge in [-0.15, -0.1) is 0 Å². The first kappa shape index (κ1) is 16.5. The summed E-state index contributed by atoms with van der Waals surface area (Å²) in [5.41, 5.74) is 5.26. The van der Waals surface area contributed by atoms with Crippen LogP contribution in [0.2, 0.25) is 0 Å². The Hall–Kier alpha value is -2.39. The largest absolute Gasteiger partial charge is 0.396 e. The Morgan fingerprint density at radius 1 is 1.00 bits per heavy atom. The molecule has 1 aliphatic heterocycles. The van der Waals surface area contributed by atoms with Crippen molar-refractivity contribution in [3.63, 3.8) is 0 Å². The fraction of sp³-hybridized carbons (Fsp3) is 0.286. The number of aliphatic hydroxyl groups is 1. The molecule has 1 N–H and O–H groups in total.